The molecule has 51 heavy (non-hydrogen) atoms. The maximum absolute atomic E-state index is 16.3. The minimum atomic E-state index is -0.800. The molecule has 6 heterocycles. The summed E-state index contributed by atoms with van der Waals surface area (Å²) in [6.07, 6.45) is 6.43. The number of aromatic nitrogens is 5. The van der Waals surface area contributed by atoms with Crippen LogP contribution in [0.5, 0.6) is 11.5 Å². The zero-order valence-corrected chi connectivity index (χ0v) is 29.0. The molecule has 6 aromatic rings. The summed E-state index contributed by atoms with van der Waals surface area (Å²) in [5.41, 5.74) is 4.30. The number of nitrogens with zero attached hydrogens (tertiary/aromatic N) is 6. The number of fused-ring (bicyclic) bond motifs is 6. The molecule has 1 amide bonds. The lowest BCUT2D eigenvalue weighted by atomic mass is 9.96. The monoisotopic (exact) mass is 708 g/mol. The molecule has 0 saturated carbocycles. The van der Waals surface area contributed by atoms with E-state index in [-0.39, 0.29) is 36.5 Å². The molecule has 2 aliphatic heterocycles. The van der Waals surface area contributed by atoms with Gasteiger partial charge < -0.3 is 19.1 Å². The third-order valence-corrected chi connectivity index (χ3v) is 10.2. The van der Waals surface area contributed by atoms with Crippen LogP contribution in [0.4, 0.5) is 8.78 Å². The van der Waals surface area contributed by atoms with Gasteiger partial charge in [-0.3, -0.25) is 14.2 Å². The molecule has 2 bridgehead atoms. The Labute approximate surface area is 296 Å². The molecule has 10 nitrogen and oxygen atoms in total. The molecule has 0 saturated heterocycles. The van der Waals surface area contributed by atoms with Crippen LogP contribution in [0.2, 0.25) is 0 Å². The van der Waals surface area contributed by atoms with Gasteiger partial charge in [-0.15, -0.1) is 11.3 Å². The first-order valence-electron chi connectivity index (χ1n) is 16.6. The van der Waals surface area contributed by atoms with E-state index < -0.39 is 17.7 Å². The number of thiophene rings is 1. The number of rotatable bonds is 2. The zero-order valence-electron chi connectivity index (χ0n) is 28.2. The van der Waals surface area contributed by atoms with Crippen LogP contribution in [0, 0.1) is 11.6 Å². The van der Waals surface area contributed by atoms with Crippen molar-refractivity contribution in [2.24, 2.45) is 7.05 Å². The van der Waals surface area contributed by atoms with Crippen molar-refractivity contribution in [2.75, 3.05) is 19.8 Å². The first-order chi connectivity index (χ1) is 24.7. The van der Waals surface area contributed by atoms with Crippen molar-refractivity contribution in [1.82, 2.24) is 29.4 Å². The maximum atomic E-state index is 16.3. The quantitative estimate of drug-likeness (QED) is 0.138. The van der Waals surface area contributed by atoms with E-state index >= 15 is 4.39 Å². The van der Waals surface area contributed by atoms with Crippen LogP contribution >= 0.6 is 11.3 Å². The van der Waals surface area contributed by atoms with Crippen molar-refractivity contribution in [3.63, 3.8) is 0 Å². The average Bonchev–Trinajstić information content (AvgIpc) is 3.85. The summed E-state index contributed by atoms with van der Waals surface area (Å²) >= 11 is 1.41. The van der Waals surface area contributed by atoms with Gasteiger partial charge in [0.15, 0.2) is 0 Å². The molecule has 0 radical (unpaired) electrons. The highest BCUT2D eigenvalue weighted by atomic mass is 32.1. The number of hydrogen-bond acceptors (Lipinski definition) is 8. The van der Waals surface area contributed by atoms with Gasteiger partial charge in [-0.1, -0.05) is 12.7 Å². The molecule has 0 unspecified atom stereocenters. The SMILES string of the molecule is C=CC(=O)N1Cc2cc(-c3nc4c5ccsc5c3-c3c(F)cc(F)cc3OC[C@H](C)OC/C=C/COc3cc5c(cnn5C)cc3-4)nn2C[C@@H]1C. The second kappa shape index (κ2) is 13.1. The molecule has 2 aromatic carbocycles. The number of hydrogen-bond donors (Lipinski definition) is 0. The van der Waals surface area contributed by atoms with E-state index in [1.54, 1.807) is 15.8 Å². The summed E-state index contributed by atoms with van der Waals surface area (Å²) in [6, 6.07) is 9.66. The van der Waals surface area contributed by atoms with E-state index in [1.807, 2.05) is 67.4 Å². The average molecular weight is 709 g/mol. The molecule has 4 aromatic heterocycles. The fourth-order valence-corrected chi connectivity index (χ4v) is 7.68. The van der Waals surface area contributed by atoms with Crippen molar-refractivity contribution >= 4 is 38.2 Å². The predicted molar refractivity (Wildman–Crippen MR) is 192 cm³/mol. The van der Waals surface area contributed by atoms with Gasteiger partial charge in [0, 0.05) is 57.9 Å². The van der Waals surface area contributed by atoms with Crippen LogP contribution in [0.1, 0.15) is 19.5 Å². The molecule has 0 aliphatic carbocycles. The largest absolute Gasteiger partial charge is 0.490 e. The molecule has 2 aliphatic rings. The minimum Gasteiger partial charge on any atom is -0.490 e. The number of pyridine rings is 1. The number of carbonyl (C=O) groups excluding carboxylic acids is 1. The molecule has 0 spiro atoms. The van der Waals surface area contributed by atoms with Crippen molar-refractivity contribution in [1.29, 1.82) is 0 Å². The lowest BCUT2D eigenvalue weighted by Gasteiger charge is -2.33. The molecule has 8 rings (SSSR count). The van der Waals surface area contributed by atoms with E-state index in [2.05, 4.69) is 11.7 Å². The van der Waals surface area contributed by atoms with Crippen LogP contribution in [0.15, 0.2) is 72.8 Å². The molecule has 13 heteroatoms. The summed E-state index contributed by atoms with van der Waals surface area (Å²) in [5.74, 6) is -1.14. The second-order valence-corrected chi connectivity index (χ2v) is 13.7. The van der Waals surface area contributed by atoms with Gasteiger partial charge in [0.2, 0.25) is 5.91 Å². The van der Waals surface area contributed by atoms with Gasteiger partial charge >= 0.3 is 0 Å². The van der Waals surface area contributed by atoms with Crippen molar-refractivity contribution in [3.05, 3.63) is 90.1 Å². The van der Waals surface area contributed by atoms with Crippen molar-refractivity contribution in [3.8, 4) is 45.3 Å². The number of benzene rings is 2. The van der Waals surface area contributed by atoms with Crippen molar-refractivity contribution < 1.29 is 27.8 Å². The number of carbonyl (C=O) groups is 1. The Morgan fingerprint density at radius 1 is 1.04 bits per heavy atom. The second-order valence-electron chi connectivity index (χ2n) is 12.7. The summed E-state index contributed by atoms with van der Waals surface area (Å²) in [6.45, 7) is 8.82. The van der Waals surface area contributed by atoms with Crippen LogP contribution < -0.4 is 9.47 Å². The van der Waals surface area contributed by atoms with Crippen LogP contribution in [-0.4, -0.2) is 67.3 Å². The lowest BCUT2D eigenvalue weighted by Crippen LogP contribution is -2.44. The number of amides is 1. The third-order valence-electron chi connectivity index (χ3n) is 9.30. The fourth-order valence-electron chi connectivity index (χ4n) is 6.74. The lowest BCUT2D eigenvalue weighted by molar-refractivity contribution is -0.129. The smallest absolute Gasteiger partial charge is 0.246 e. The summed E-state index contributed by atoms with van der Waals surface area (Å²) in [5, 5.41) is 13.0. The highest BCUT2D eigenvalue weighted by Crippen LogP contribution is 2.48. The van der Waals surface area contributed by atoms with Gasteiger partial charge in [-0.05, 0) is 49.6 Å². The molecule has 0 fully saturated rings. The Morgan fingerprint density at radius 2 is 1.88 bits per heavy atom. The number of ether oxygens (including phenoxy) is 3. The maximum Gasteiger partial charge on any atom is 0.246 e. The van der Waals surface area contributed by atoms with E-state index in [4.69, 9.17) is 24.3 Å². The summed E-state index contributed by atoms with van der Waals surface area (Å²) in [7, 11) is 1.87. The molecular formula is C38H34F2N6O4S. The minimum absolute atomic E-state index is 0.0226. The third kappa shape index (κ3) is 5.85. The standard InChI is InChI=1S/C38H34F2N6O4S/c1-5-33(47)45-19-25-15-29(43-46(25)18-21(45)2)37-35-34-28(40)13-24(39)14-32(34)50-20-22(3)48-9-6-7-10-49-31-16-30-23(17-41-44(30)4)12-27(31)36(42-37)26-8-11-51-38(26)35/h5-8,11-17,21-22H,1,9-10,18-20H2,2-4H3/b7-6+/t21-,22-/m0/s1. The Balaban J connectivity index is 1.43. The predicted octanol–water partition coefficient (Wildman–Crippen LogP) is 7.31. The Bertz CT molecular complexity index is 2380. The fraction of sp³-hybridized carbons (Fsp3) is 0.263. The molecule has 0 N–H and O–H groups in total. The van der Waals surface area contributed by atoms with Crippen LogP contribution in [0.3, 0.4) is 0 Å². The number of aryl methyl sites for hydroxylation is 1. The first kappa shape index (κ1) is 32.8. The normalized spacial score (nSPS) is 18.4. The Hall–Kier alpha value is -5.40. The Morgan fingerprint density at radius 3 is 2.73 bits per heavy atom. The molecular weight excluding hydrogens is 675 g/mol. The molecule has 2 atom stereocenters. The van der Waals surface area contributed by atoms with Gasteiger partial charge in [0.05, 0.1) is 54.5 Å². The van der Waals surface area contributed by atoms with Crippen LogP contribution in [-0.2, 0) is 29.7 Å². The highest BCUT2D eigenvalue weighted by Gasteiger charge is 2.31. The first-order valence-corrected chi connectivity index (χ1v) is 17.5. The van der Waals surface area contributed by atoms with E-state index in [1.165, 1.54) is 23.5 Å². The number of halogens is 2. The van der Waals surface area contributed by atoms with E-state index in [0.29, 0.717) is 58.4 Å². The van der Waals surface area contributed by atoms with E-state index in [9.17, 15) is 9.18 Å². The zero-order chi connectivity index (χ0) is 35.4. The summed E-state index contributed by atoms with van der Waals surface area (Å²) in [4.78, 5) is 19.8. The van der Waals surface area contributed by atoms with Gasteiger partial charge in [-0.2, -0.15) is 10.2 Å². The van der Waals surface area contributed by atoms with Gasteiger partial charge in [0.1, 0.15) is 47.7 Å². The Kier molecular flexibility index (Phi) is 8.39. The molecule has 260 valence electrons. The van der Waals surface area contributed by atoms with Gasteiger partial charge in [-0.25, -0.2) is 13.8 Å². The van der Waals surface area contributed by atoms with Crippen molar-refractivity contribution in [2.45, 2.75) is 39.1 Å². The highest BCUT2D eigenvalue weighted by molar-refractivity contribution is 7.18. The topological polar surface area (TPSA) is 96.5 Å². The van der Waals surface area contributed by atoms with Gasteiger partial charge in [0.25, 0.3) is 0 Å². The van der Waals surface area contributed by atoms with E-state index in [0.717, 1.165) is 28.0 Å². The summed E-state index contributed by atoms with van der Waals surface area (Å²) < 4.78 is 54.1. The van der Waals surface area contributed by atoms with Crippen LogP contribution in [0.25, 0.3) is 54.8 Å².